The van der Waals surface area contributed by atoms with Crippen molar-refractivity contribution in [1.82, 2.24) is 9.21 Å². The first-order chi connectivity index (χ1) is 5.41. The summed E-state index contributed by atoms with van der Waals surface area (Å²) in [6.45, 7) is 0.627. The molecule has 1 rings (SSSR count). The van der Waals surface area contributed by atoms with Crippen LogP contribution in [0.1, 0.15) is 0 Å². The van der Waals surface area contributed by atoms with E-state index in [1.165, 1.54) is 4.90 Å². The van der Waals surface area contributed by atoms with Gasteiger partial charge in [-0.25, -0.2) is 8.42 Å². The summed E-state index contributed by atoms with van der Waals surface area (Å²) in [6.07, 6.45) is 1.10. The Bertz CT molecular complexity index is 290. The molecule has 1 amide bonds. The SMILES string of the molecule is [CH2-]N1CCN(S(C)(=O)=O)CC1=O.[Y+3]. The fraction of sp³-hybridized carbons (Fsp3) is 0.667. The summed E-state index contributed by atoms with van der Waals surface area (Å²) in [4.78, 5) is 12.3. The van der Waals surface area contributed by atoms with Crippen molar-refractivity contribution >= 4 is 15.9 Å². The van der Waals surface area contributed by atoms with E-state index in [0.29, 0.717) is 13.1 Å². The van der Waals surface area contributed by atoms with Crippen LogP contribution in [0.4, 0.5) is 0 Å². The van der Waals surface area contributed by atoms with Crippen molar-refractivity contribution in [3.05, 3.63) is 7.05 Å². The molecule has 1 fully saturated rings. The molecule has 5 nitrogen and oxygen atoms in total. The van der Waals surface area contributed by atoms with Crippen molar-refractivity contribution in [1.29, 1.82) is 0 Å². The van der Waals surface area contributed by atoms with Gasteiger partial charge in [0.05, 0.1) is 12.8 Å². The molecule has 0 aromatic carbocycles. The fourth-order valence-electron chi connectivity index (χ4n) is 0.970. The van der Waals surface area contributed by atoms with Crippen LogP contribution in [-0.4, -0.2) is 49.4 Å². The quantitative estimate of drug-likeness (QED) is 0.572. The monoisotopic (exact) mass is 280 g/mol. The molecule has 0 unspecified atom stereocenters. The van der Waals surface area contributed by atoms with E-state index >= 15 is 0 Å². The molecule has 7 heteroatoms. The largest absolute Gasteiger partial charge is 3.00 e. The standard InChI is InChI=1S/C6H11N2O3S.Y/c1-7-3-4-8(5-6(7)9)12(2,10)11;/h1,3-5H2,2H3;/q-1;+3. The Kier molecular flexibility index (Phi) is 5.00. The molecule has 0 radical (unpaired) electrons. The van der Waals surface area contributed by atoms with Crippen LogP contribution in [0.2, 0.25) is 0 Å². The predicted octanol–water partition coefficient (Wildman–Crippen LogP) is -1.12. The second kappa shape index (κ2) is 4.82. The number of rotatable bonds is 1. The molecule has 0 N–H and O–H groups in total. The van der Waals surface area contributed by atoms with Crippen molar-refractivity contribution < 1.29 is 45.9 Å². The summed E-state index contributed by atoms with van der Waals surface area (Å²) in [5.41, 5.74) is 0. The third kappa shape index (κ3) is 3.61. The molecule has 0 aromatic rings. The molecule has 0 aliphatic carbocycles. The van der Waals surface area contributed by atoms with Crippen molar-refractivity contribution in [3.8, 4) is 0 Å². The van der Waals surface area contributed by atoms with E-state index in [0.717, 1.165) is 10.6 Å². The summed E-state index contributed by atoms with van der Waals surface area (Å²) in [6, 6.07) is 0. The van der Waals surface area contributed by atoms with E-state index < -0.39 is 10.0 Å². The van der Waals surface area contributed by atoms with Crippen LogP contribution in [0.5, 0.6) is 0 Å². The third-order valence-corrected chi connectivity index (χ3v) is 3.00. The number of hydrogen-bond acceptors (Lipinski definition) is 3. The van der Waals surface area contributed by atoms with Crippen molar-refractivity contribution in [3.63, 3.8) is 0 Å². The Balaban J connectivity index is 0.00000144. The smallest absolute Gasteiger partial charge is 0.493 e. The summed E-state index contributed by atoms with van der Waals surface area (Å²) in [5.74, 6) is -0.258. The van der Waals surface area contributed by atoms with E-state index in [1.807, 2.05) is 0 Å². The first kappa shape index (κ1) is 13.5. The Labute approximate surface area is 103 Å². The molecular formula is C6H11N2O3SY+2. The number of piperazine rings is 1. The van der Waals surface area contributed by atoms with E-state index in [9.17, 15) is 13.2 Å². The van der Waals surface area contributed by atoms with Gasteiger partial charge >= 0.3 is 32.7 Å². The number of nitrogens with zero attached hydrogens (tertiary/aromatic N) is 2. The molecule has 1 aliphatic heterocycles. The van der Waals surface area contributed by atoms with Crippen LogP contribution < -0.4 is 0 Å². The average Bonchev–Trinajstić information content (AvgIpc) is 1.92. The van der Waals surface area contributed by atoms with Gasteiger partial charge in [-0.2, -0.15) is 4.31 Å². The first-order valence-electron chi connectivity index (χ1n) is 3.47. The van der Waals surface area contributed by atoms with Gasteiger partial charge in [0.15, 0.2) is 0 Å². The molecule has 13 heavy (non-hydrogen) atoms. The first-order valence-corrected chi connectivity index (χ1v) is 5.32. The summed E-state index contributed by atoms with van der Waals surface area (Å²) >= 11 is 0. The van der Waals surface area contributed by atoms with Gasteiger partial charge in [0.1, 0.15) is 0 Å². The van der Waals surface area contributed by atoms with Gasteiger partial charge in [-0.05, 0) is 0 Å². The third-order valence-electron chi connectivity index (χ3n) is 1.75. The van der Waals surface area contributed by atoms with Gasteiger partial charge in [0.25, 0.3) is 0 Å². The number of amides is 1. The summed E-state index contributed by atoms with van der Waals surface area (Å²) in [5, 5.41) is 0. The van der Waals surface area contributed by atoms with Crippen LogP contribution in [0.3, 0.4) is 0 Å². The maximum atomic E-state index is 11.0. The van der Waals surface area contributed by atoms with E-state index in [4.69, 9.17) is 0 Å². The van der Waals surface area contributed by atoms with E-state index in [2.05, 4.69) is 7.05 Å². The predicted molar refractivity (Wildman–Crippen MR) is 43.5 cm³/mol. The molecule has 0 saturated carbocycles. The van der Waals surface area contributed by atoms with Gasteiger partial charge < -0.3 is 4.90 Å². The second-order valence-electron chi connectivity index (χ2n) is 2.75. The fourth-order valence-corrected chi connectivity index (χ4v) is 1.73. The Morgan fingerprint density at radius 3 is 2.31 bits per heavy atom. The van der Waals surface area contributed by atoms with Crippen molar-refractivity contribution in [2.24, 2.45) is 0 Å². The number of carbonyl (C=O) groups excluding carboxylic acids is 1. The van der Waals surface area contributed by atoms with Gasteiger partial charge in [0, 0.05) is 13.1 Å². The minimum Gasteiger partial charge on any atom is -0.493 e. The van der Waals surface area contributed by atoms with Gasteiger partial charge in [-0.3, -0.25) is 11.8 Å². The zero-order chi connectivity index (χ0) is 9.35. The summed E-state index contributed by atoms with van der Waals surface area (Å²) < 4.78 is 23.1. The Morgan fingerprint density at radius 2 is 1.92 bits per heavy atom. The maximum absolute atomic E-state index is 11.0. The molecule has 70 valence electrons. The van der Waals surface area contributed by atoms with Crippen LogP contribution in [0.25, 0.3) is 0 Å². The zero-order valence-corrected chi connectivity index (χ0v) is 11.1. The topological polar surface area (TPSA) is 57.7 Å². The Morgan fingerprint density at radius 1 is 1.38 bits per heavy atom. The normalized spacial score (nSPS) is 19.8. The number of carbonyl (C=O) groups is 1. The molecule has 0 bridgehead atoms. The van der Waals surface area contributed by atoms with Crippen LogP contribution in [0, 0.1) is 7.05 Å². The van der Waals surface area contributed by atoms with Crippen LogP contribution in [-0.2, 0) is 47.5 Å². The number of hydrogen-bond donors (Lipinski definition) is 0. The van der Waals surface area contributed by atoms with Crippen LogP contribution in [0.15, 0.2) is 0 Å². The zero-order valence-electron chi connectivity index (χ0n) is 7.43. The molecule has 1 aliphatic rings. The molecule has 0 spiro atoms. The Hall–Kier alpha value is 0.484. The van der Waals surface area contributed by atoms with E-state index in [-0.39, 0.29) is 45.2 Å². The average molecular weight is 280 g/mol. The molecule has 0 aromatic heterocycles. The van der Waals surface area contributed by atoms with Crippen molar-refractivity contribution in [2.75, 3.05) is 25.9 Å². The minimum atomic E-state index is -3.22. The number of sulfonamides is 1. The molecule has 1 heterocycles. The maximum Gasteiger partial charge on any atom is 3.00 e. The van der Waals surface area contributed by atoms with Gasteiger partial charge in [-0.1, -0.05) is 0 Å². The molecule has 0 atom stereocenters. The minimum absolute atomic E-state index is 0. The second-order valence-corrected chi connectivity index (χ2v) is 4.74. The summed E-state index contributed by atoms with van der Waals surface area (Å²) in [7, 11) is 0.233. The molecular weight excluding hydrogens is 269 g/mol. The van der Waals surface area contributed by atoms with Crippen LogP contribution >= 0.6 is 0 Å². The molecule has 1 saturated heterocycles. The van der Waals surface area contributed by atoms with Crippen molar-refractivity contribution in [2.45, 2.75) is 0 Å². The van der Waals surface area contributed by atoms with Gasteiger partial charge in [-0.15, -0.1) is 0 Å². The van der Waals surface area contributed by atoms with E-state index in [1.54, 1.807) is 0 Å². The van der Waals surface area contributed by atoms with Gasteiger partial charge in [0.2, 0.25) is 15.9 Å².